The lowest BCUT2D eigenvalue weighted by molar-refractivity contribution is -0.274. The van der Waals surface area contributed by atoms with Gasteiger partial charge in [-0.1, -0.05) is 49.9 Å². The molecule has 1 aromatic heterocycles. The van der Waals surface area contributed by atoms with Crippen molar-refractivity contribution in [2.75, 3.05) is 17.8 Å². The van der Waals surface area contributed by atoms with Crippen LogP contribution in [0.5, 0.6) is 11.5 Å². The second-order valence-corrected chi connectivity index (χ2v) is 11.4. The van der Waals surface area contributed by atoms with Gasteiger partial charge in [0.1, 0.15) is 17.8 Å². The van der Waals surface area contributed by atoms with Gasteiger partial charge >= 0.3 is 12.4 Å². The maximum atomic E-state index is 15.1. The van der Waals surface area contributed by atoms with Gasteiger partial charge in [0, 0.05) is 5.56 Å². The Bertz CT molecular complexity index is 1780. The van der Waals surface area contributed by atoms with Gasteiger partial charge in [-0.25, -0.2) is 23.2 Å². The number of halogens is 5. The molecule has 4 aromatic rings. The van der Waals surface area contributed by atoms with E-state index in [4.69, 9.17) is 4.74 Å². The SMILES string of the molecule is COc1ccc(N2C(=O)CS/C2=N\C(=O)NC(F)C(F)c2ccc(-c3ncn(-c4ccc(OC(F)(F)F)cc4)n3)cc2)c(C(C)C)c1. The molecule has 1 fully saturated rings. The van der Waals surface area contributed by atoms with E-state index in [0.717, 1.165) is 29.5 Å². The number of methoxy groups -OCH3 is 1. The maximum Gasteiger partial charge on any atom is 0.573 e. The van der Waals surface area contributed by atoms with Crippen molar-refractivity contribution in [3.63, 3.8) is 0 Å². The molecule has 0 spiro atoms. The Kier molecular flexibility index (Phi) is 9.79. The summed E-state index contributed by atoms with van der Waals surface area (Å²) in [5.41, 5.74) is 2.06. The summed E-state index contributed by atoms with van der Waals surface area (Å²) >= 11 is 1.00. The predicted molar refractivity (Wildman–Crippen MR) is 165 cm³/mol. The number of aliphatic imine (C=N–C) groups is 1. The van der Waals surface area contributed by atoms with Crippen LogP contribution >= 0.6 is 11.8 Å². The number of thioether (sulfide) groups is 1. The highest BCUT2D eigenvalue weighted by atomic mass is 32.2. The monoisotopic (exact) mass is 674 g/mol. The summed E-state index contributed by atoms with van der Waals surface area (Å²) in [7, 11) is 1.52. The summed E-state index contributed by atoms with van der Waals surface area (Å²) in [5, 5.41) is 6.20. The van der Waals surface area contributed by atoms with Crippen LogP contribution in [0.4, 0.5) is 32.4 Å². The third-order valence-electron chi connectivity index (χ3n) is 6.89. The third-order valence-corrected chi connectivity index (χ3v) is 7.82. The van der Waals surface area contributed by atoms with Gasteiger partial charge in [-0.15, -0.1) is 18.3 Å². The van der Waals surface area contributed by atoms with Gasteiger partial charge in [0.15, 0.2) is 17.2 Å². The van der Waals surface area contributed by atoms with Crippen LogP contribution in [0, 0.1) is 0 Å². The molecule has 1 aliphatic heterocycles. The number of nitrogens with one attached hydrogen (secondary N) is 1. The van der Waals surface area contributed by atoms with Crippen LogP contribution in [0.1, 0.15) is 37.1 Å². The summed E-state index contributed by atoms with van der Waals surface area (Å²) < 4.78 is 77.7. The Hall–Kier alpha value is -4.99. The fourth-order valence-corrected chi connectivity index (χ4v) is 5.48. The van der Waals surface area contributed by atoms with E-state index in [0.29, 0.717) is 22.7 Å². The quantitative estimate of drug-likeness (QED) is 0.149. The Balaban J connectivity index is 1.24. The van der Waals surface area contributed by atoms with Gasteiger partial charge in [-0.3, -0.25) is 9.69 Å². The number of amidine groups is 1. The molecular weight excluding hydrogens is 647 g/mol. The minimum absolute atomic E-state index is 0.00326. The van der Waals surface area contributed by atoms with Crippen LogP contribution in [0.3, 0.4) is 0 Å². The minimum atomic E-state index is -4.82. The lowest BCUT2D eigenvalue weighted by Crippen LogP contribution is -2.35. The van der Waals surface area contributed by atoms with Gasteiger partial charge in [0.25, 0.3) is 0 Å². The molecule has 2 unspecified atom stereocenters. The highest BCUT2D eigenvalue weighted by Crippen LogP contribution is 2.36. The topological polar surface area (TPSA) is 111 Å². The van der Waals surface area contributed by atoms with E-state index >= 15 is 4.39 Å². The summed E-state index contributed by atoms with van der Waals surface area (Å²) in [5.74, 6) is 0.111. The highest BCUT2D eigenvalue weighted by molar-refractivity contribution is 8.15. The molecule has 10 nitrogen and oxygen atoms in total. The van der Waals surface area contributed by atoms with E-state index in [-0.39, 0.29) is 34.1 Å². The van der Waals surface area contributed by atoms with Gasteiger partial charge in [-0.2, -0.15) is 4.99 Å². The van der Waals surface area contributed by atoms with Crippen molar-refractivity contribution < 1.29 is 41.0 Å². The van der Waals surface area contributed by atoms with Crippen molar-refractivity contribution in [1.29, 1.82) is 0 Å². The number of benzene rings is 3. The molecule has 47 heavy (non-hydrogen) atoms. The first kappa shape index (κ1) is 33.4. The summed E-state index contributed by atoms with van der Waals surface area (Å²) in [4.78, 5) is 34.7. The summed E-state index contributed by atoms with van der Waals surface area (Å²) in [6, 6.07) is 14.5. The largest absolute Gasteiger partial charge is 0.573 e. The van der Waals surface area contributed by atoms with Crippen molar-refractivity contribution >= 4 is 34.6 Å². The molecular formula is C31H27F5N6O4S. The fraction of sp³-hybridized carbons (Fsp3) is 0.258. The van der Waals surface area contributed by atoms with Crippen LogP contribution < -0.4 is 19.7 Å². The number of carbonyl (C=O) groups excluding carboxylic acids is 2. The van der Waals surface area contributed by atoms with Crippen molar-refractivity contribution in [3.8, 4) is 28.6 Å². The molecule has 0 bridgehead atoms. The van der Waals surface area contributed by atoms with E-state index in [2.05, 4.69) is 19.8 Å². The second-order valence-electron chi connectivity index (χ2n) is 10.4. The molecule has 3 aromatic carbocycles. The first-order valence-electron chi connectivity index (χ1n) is 14.0. The highest BCUT2D eigenvalue weighted by Gasteiger charge is 2.34. The molecule has 5 rings (SSSR count). The van der Waals surface area contributed by atoms with Crippen molar-refractivity contribution in [2.24, 2.45) is 4.99 Å². The number of nitrogens with zero attached hydrogens (tertiary/aromatic N) is 5. The Morgan fingerprint density at radius 3 is 2.34 bits per heavy atom. The van der Waals surface area contributed by atoms with Crippen molar-refractivity contribution in [2.45, 2.75) is 38.6 Å². The molecule has 16 heteroatoms. The van der Waals surface area contributed by atoms with Gasteiger partial charge in [0.05, 0.1) is 24.2 Å². The number of ether oxygens (including phenoxy) is 2. The van der Waals surface area contributed by atoms with E-state index in [1.165, 1.54) is 59.4 Å². The molecule has 0 saturated carbocycles. The number of alkyl halides is 5. The van der Waals surface area contributed by atoms with E-state index in [9.17, 15) is 27.2 Å². The maximum absolute atomic E-state index is 15.1. The zero-order chi connectivity index (χ0) is 33.9. The standard InChI is InChI=1S/C31H27F5N6O4S/c1-17(2)23-14-22(45-3)12-13-24(23)42-25(43)15-47-30(42)39-29(44)38-27(33)26(32)18-4-6-19(7-5-18)28-37-16-41(40-28)20-8-10-21(11-9-20)46-31(34,35)36/h4-14,16-17,26-27H,15H2,1-3H3,(H,38,44)/b39-30-. The molecule has 2 atom stereocenters. The lowest BCUT2D eigenvalue weighted by atomic mass is 10.00. The normalized spacial score (nSPS) is 15.6. The fourth-order valence-electron chi connectivity index (χ4n) is 4.62. The second kappa shape index (κ2) is 13.8. The van der Waals surface area contributed by atoms with Gasteiger partial charge < -0.3 is 14.8 Å². The first-order valence-corrected chi connectivity index (χ1v) is 15.0. The van der Waals surface area contributed by atoms with Crippen LogP contribution in [-0.4, -0.2) is 57.4 Å². The molecule has 0 aliphatic carbocycles. The number of rotatable bonds is 9. The third kappa shape index (κ3) is 7.88. The molecule has 2 heterocycles. The number of anilines is 1. The van der Waals surface area contributed by atoms with Crippen molar-refractivity contribution in [3.05, 3.63) is 84.2 Å². The van der Waals surface area contributed by atoms with Crippen LogP contribution in [0.2, 0.25) is 0 Å². The molecule has 1 saturated heterocycles. The molecule has 0 radical (unpaired) electrons. The Morgan fingerprint density at radius 2 is 1.70 bits per heavy atom. The van der Waals surface area contributed by atoms with Gasteiger partial charge in [-0.05, 0) is 59.5 Å². The molecule has 1 N–H and O–H groups in total. The van der Waals surface area contributed by atoms with E-state index < -0.39 is 30.6 Å². The zero-order valence-electron chi connectivity index (χ0n) is 25.0. The number of aromatic nitrogens is 3. The number of amides is 3. The average molecular weight is 675 g/mol. The van der Waals surface area contributed by atoms with Crippen LogP contribution in [-0.2, 0) is 4.79 Å². The first-order chi connectivity index (χ1) is 22.3. The smallest absolute Gasteiger partial charge is 0.497 e. The zero-order valence-corrected chi connectivity index (χ0v) is 25.9. The Labute approximate surface area is 269 Å². The van der Waals surface area contributed by atoms with E-state index in [1.54, 1.807) is 18.2 Å². The van der Waals surface area contributed by atoms with Gasteiger partial charge in [0.2, 0.25) is 12.2 Å². The molecule has 1 aliphatic rings. The average Bonchev–Trinajstić information content (AvgIpc) is 3.67. The van der Waals surface area contributed by atoms with Crippen LogP contribution in [0.25, 0.3) is 17.1 Å². The predicted octanol–water partition coefficient (Wildman–Crippen LogP) is 7.12. The Morgan fingerprint density at radius 1 is 1.02 bits per heavy atom. The number of carbonyl (C=O) groups is 2. The minimum Gasteiger partial charge on any atom is -0.497 e. The van der Waals surface area contributed by atoms with Crippen LogP contribution in [0.15, 0.2) is 78.0 Å². The number of urea groups is 1. The lowest BCUT2D eigenvalue weighted by Gasteiger charge is -2.22. The number of hydrogen-bond donors (Lipinski definition) is 1. The van der Waals surface area contributed by atoms with Crippen molar-refractivity contribution in [1.82, 2.24) is 20.1 Å². The number of hydrogen-bond acceptors (Lipinski definition) is 7. The molecule has 246 valence electrons. The summed E-state index contributed by atoms with van der Waals surface area (Å²) in [6.07, 6.45) is -8.18. The molecule has 3 amide bonds. The summed E-state index contributed by atoms with van der Waals surface area (Å²) in [6.45, 7) is 3.87. The van der Waals surface area contributed by atoms with E-state index in [1.807, 2.05) is 19.2 Å².